The zero-order valence-corrected chi connectivity index (χ0v) is 15.6. The van der Waals surface area contributed by atoms with Gasteiger partial charge in [0, 0.05) is 12.4 Å². The van der Waals surface area contributed by atoms with E-state index < -0.39 is 54.9 Å². The van der Waals surface area contributed by atoms with Crippen LogP contribution in [0.1, 0.15) is 5.56 Å². The lowest BCUT2D eigenvalue weighted by atomic mass is 10.1. The minimum absolute atomic E-state index is 0.247. The van der Waals surface area contributed by atoms with Crippen molar-refractivity contribution in [2.45, 2.75) is 30.9 Å². The number of nitrogens with one attached hydrogen (secondary N) is 1. The van der Waals surface area contributed by atoms with Crippen molar-refractivity contribution in [1.29, 1.82) is 0 Å². The second-order valence-electron chi connectivity index (χ2n) is 5.36. The number of nitrogens with zero attached hydrogens (tertiary/aromatic N) is 1. The van der Waals surface area contributed by atoms with Crippen LogP contribution in [0, 0.1) is 0 Å². The predicted octanol–water partition coefficient (Wildman–Crippen LogP) is -0.220. The van der Waals surface area contributed by atoms with E-state index in [1.165, 1.54) is 0 Å². The average Bonchev–Trinajstić information content (AvgIpc) is 2.65. The number of hydrogen-bond acceptors (Lipinski definition) is 7. The van der Waals surface area contributed by atoms with Crippen molar-refractivity contribution in [3.63, 3.8) is 0 Å². The lowest BCUT2D eigenvalue weighted by Gasteiger charge is -2.15. The van der Waals surface area contributed by atoms with Crippen LogP contribution in [0.15, 0.2) is 24.5 Å². The maximum absolute atomic E-state index is 11.6. The highest BCUT2D eigenvalue weighted by Crippen LogP contribution is 2.13. The van der Waals surface area contributed by atoms with Crippen LogP contribution in [0.5, 0.6) is 0 Å². The van der Waals surface area contributed by atoms with E-state index in [-0.39, 0.29) is 6.42 Å². The molecular weight excluding hydrogens is 464 g/mol. The number of rotatable bonds is 6. The first-order valence-corrected chi connectivity index (χ1v) is 7.82. The van der Waals surface area contributed by atoms with Crippen molar-refractivity contribution in [1.82, 2.24) is 10.3 Å². The van der Waals surface area contributed by atoms with E-state index in [0.717, 1.165) is 5.56 Å². The van der Waals surface area contributed by atoms with Crippen molar-refractivity contribution in [2.24, 2.45) is 5.73 Å². The van der Waals surface area contributed by atoms with Gasteiger partial charge in [-0.1, -0.05) is 6.07 Å². The largest absolute Gasteiger partial charge is 0.490 e. The highest BCUT2D eigenvalue weighted by atomic mass is 19.4. The van der Waals surface area contributed by atoms with Crippen molar-refractivity contribution in [2.75, 3.05) is 6.61 Å². The highest BCUT2D eigenvalue weighted by Gasteiger charge is 2.38. The Labute approximate surface area is 174 Å². The molecule has 1 amide bonds. The van der Waals surface area contributed by atoms with E-state index in [0.29, 0.717) is 0 Å². The number of aromatic nitrogens is 1. The number of nitrogens with two attached hydrogens (primary N) is 1. The van der Waals surface area contributed by atoms with Gasteiger partial charge < -0.3 is 31.5 Å². The van der Waals surface area contributed by atoms with Crippen molar-refractivity contribution >= 4 is 23.8 Å². The van der Waals surface area contributed by atoms with E-state index in [1.807, 2.05) is 0 Å². The topological polar surface area (TPSA) is 200 Å². The summed E-state index contributed by atoms with van der Waals surface area (Å²) in [7, 11) is 0. The molecule has 2 atom stereocenters. The van der Waals surface area contributed by atoms with Crippen LogP contribution in [0.4, 0.5) is 26.3 Å². The normalized spacial score (nSPS) is 12.6. The number of aliphatic hydroxyl groups excluding tert-OH is 1. The average molecular weight is 481 g/mol. The Morgan fingerprint density at radius 2 is 1.44 bits per heavy atom. The van der Waals surface area contributed by atoms with Crippen LogP contribution in [-0.2, 0) is 25.6 Å². The Kier molecular flexibility index (Phi) is 13.2. The third kappa shape index (κ3) is 14.5. The van der Waals surface area contributed by atoms with Gasteiger partial charge in [-0.3, -0.25) is 9.78 Å². The van der Waals surface area contributed by atoms with Gasteiger partial charge in [-0.2, -0.15) is 26.3 Å². The molecule has 0 aliphatic carbocycles. The number of pyridine rings is 1. The van der Waals surface area contributed by atoms with Crippen LogP contribution >= 0.6 is 0 Å². The molecule has 0 aliphatic rings. The van der Waals surface area contributed by atoms with E-state index in [4.69, 9.17) is 35.7 Å². The minimum atomic E-state index is -5.08. The van der Waals surface area contributed by atoms with Crippen LogP contribution < -0.4 is 11.1 Å². The van der Waals surface area contributed by atoms with Crippen LogP contribution in [0.25, 0.3) is 0 Å². The second kappa shape index (κ2) is 13.8. The molecule has 1 aromatic heterocycles. The van der Waals surface area contributed by atoms with E-state index >= 15 is 0 Å². The molecule has 0 aliphatic heterocycles. The summed E-state index contributed by atoms with van der Waals surface area (Å²) in [5, 5.41) is 33.8. The van der Waals surface area contributed by atoms with Gasteiger partial charge in [0.05, 0.1) is 12.6 Å². The van der Waals surface area contributed by atoms with Gasteiger partial charge in [-0.25, -0.2) is 14.4 Å². The molecule has 0 spiro atoms. The number of hydrogen-bond donors (Lipinski definition) is 6. The summed E-state index contributed by atoms with van der Waals surface area (Å²) in [6.45, 7) is -0.680. The van der Waals surface area contributed by atoms with E-state index in [9.17, 15) is 35.9 Å². The molecule has 0 saturated carbocycles. The summed E-state index contributed by atoms with van der Waals surface area (Å²) < 4.78 is 63.5. The summed E-state index contributed by atoms with van der Waals surface area (Å²) >= 11 is 0. The molecule has 7 N–H and O–H groups in total. The Morgan fingerprint density at radius 1 is 1.00 bits per heavy atom. The summed E-state index contributed by atoms with van der Waals surface area (Å²) in [6, 6.07) is 1.26. The fourth-order valence-corrected chi connectivity index (χ4v) is 1.33. The standard InChI is InChI=1S/C11H15N3O4.2C2HF3O2/c12-8(4-7-2-1-3-13-5-7)10(16)14-9(6-15)11(17)18;2*3-2(4,5)1(6)7/h1-3,5,8-9,15H,4,6,12H2,(H,14,16)(H,17,18);2*(H,6,7)/t8-,9-;;/m0../s1. The number of aliphatic hydroxyl groups is 1. The SMILES string of the molecule is N[C@@H](Cc1cccnc1)C(=O)N[C@@H](CO)C(=O)O.O=C(O)C(F)(F)F.O=C(O)C(F)(F)F. The van der Waals surface area contributed by atoms with Crippen molar-refractivity contribution in [3.05, 3.63) is 30.1 Å². The first-order chi connectivity index (χ1) is 14.4. The smallest absolute Gasteiger partial charge is 0.480 e. The minimum Gasteiger partial charge on any atom is -0.480 e. The second-order valence-corrected chi connectivity index (χ2v) is 5.36. The Bertz CT molecular complexity index is 734. The van der Waals surface area contributed by atoms with Gasteiger partial charge in [0.15, 0.2) is 0 Å². The molecule has 17 heteroatoms. The number of carboxylic acids is 3. The summed E-state index contributed by atoms with van der Waals surface area (Å²) in [4.78, 5) is 43.9. The van der Waals surface area contributed by atoms with Crippen LogP contribution in [-0.4, -0.2) is 80.3 Å². The molecule has 1 aromatic rings. The number of aliphatic carboxylic acids is 3. The van der Waals surface area contributed by atoms with Gasteiger partial charge in [-0.15, -0.1) is 0 Å². The molecule has 0 aromatic carbocycles. The number of carboxylic acid groups (broad SMARTS) is 3. The molecule has 0 fully saturated rings. The number of carbonyl (C=O) groups excluding carboxylic acids is 1. The third-order valence-corrected chi connectivity index (χ3v) is 2.80. The maximum atomic E-state index is 11.6. The molecule has 1 heterocycles. The van der Waals surface area contributed by atoms with Gasteiger partial charge >= 0.3 is 30.3 Å². The first-order valence-electron chi connectivity index (χ1n) is 7.82. The Morgan fingerprint density at radius 3 is 1.72 bits per heavy atom. The zero-order valence-electron chi connectivity index (χ0n) is 15.6. The summed E-state index contributed by atoms with van der Waals surface area (Å²) in [6.07, 6.45) is -6.74. The summed E-state index contributed by atoms with van der Waals surface area (Å²) in [5.74, 6) is -7.44. The molecule has 0 saturated heterocycles. The Balaban J connectivity index is 0. The van der Waals surface area contributed by atoms with E-state index in [1.54, 1.807) is 24.5 Å². The molecule has 11 nitrogen and oxygen atoms in total. The number of carbonyl (C=O) groups is 4. The molecule has 182 valence electrons. The van der Waals surface area contributed by atoms with Crippen molar-refractivity contribution < 1.29 is 65.9 Å². The van der Waals surface area contributed by atoms with Gasteiger partial charge in [0.1, 0.15) is 6.04 Å². The maximum Gasteiger partial charge on any atom is 0.490 e. The number of amides is 1. The zero-order chi connectivity index (χ0) is 25.7. The lowest BCUT2D eigenvalue weighted by molar-refractivity contribution is -0.193. The number of halogens is 6. The highest BCUT2D eigenvalue weighted by molar-refractivity contribution is 5.87. The lowest BCUT2D eigenvalue weighted by Crippen LogP contribution is -2.50. The third-order valence-electron chi connectivity index (χ3n) is 2.80. The van der Waals surface area contributed by atoms with Gasteiger partial charge in [0.2, 0.25) is 5.91 Å². The van der Waals surface area contributed by atoms with Crippen molar-refractivity contribution in [3.8, 4) is 0 Å². The molecule has 0 radical (unpaired) electrons. The number of alkyl halides is 6. The summed E-state index contributed by atoms with van der Waals surface area (Å²) in [5.41, 5.74) is 6.41. The fraction of sp³-hybridized carbons (Fsp3) is 0.400. The quantitative estimate of drug-likeness (QED) is 0.295. The molecule has 0 bridgehead atoms. The van der Waals surface area contributed by atoms with Gasteiger partial charge in [-0.05, 0) is 18.1 Å². The fourth-order valence-electron chi connectivity index (χ4n) is 1.33. The molecule has 1 rings (SSSR count). The molecule has 0 unspecified atom stereocenters. The Hall–Kier alpha value is -3.47. The molecular formula is C15H17F6N3O8. The first kappa shape index (κ1) is 30.7. The van der Waals surface area contributed by atoms with Gasteiger partial charge in [0.25, 0.3) is 0 Å². The monoisotopic (exact) mass is 481 g/mol. The predicted molar refractivity (Wildman–Crippen MR) is 90.0 cm³/mol. The van der Waals surface area contributed by atoms with Crippen LogP contribution in [0.2, 0.25) is 0 Å². The molecule has 32 heavy (non-hydrogen) atoms. The van der Waals surface area contributed by atoms with E-state index in [2.05, 4.69) is 10.3 Å². The van der Waals surface area contributed by atoms with Crippen LogP contribution in [0.3, 0.4) is 0 Å².